The Hall–Kier alpha value is -3.11. The zero-order valence-electron chi connectivity index (χ0n) is 18.9. The summed E-state index contributed by atoms with van der Waals surface area (Å²) in [4.78, 5) is 29.1. The van der Waals surface area contributed by atoms with Gasteiger partial charge in [-0.1, -0.05) is 18.2 Å². The summed E-state index contributed by atoms with van der Waals surface area (Å²) in [7, 11) is -3.81. The topological polar surface area (TPSA) is 99.3 Å². The number of sulfonamides is 1. The minimum atomic E-state index is -3.81. The summed E-state index contributed by atoms with van der Waals surface area (Å²) in [6, 6.07) is 14.6. The second-order valence-electron chi connectivity index (χ2n) is 8.84. The summed E-state index contributed by atoms with van der Waals surface area (Å²) in [5.74, 6) is -0.205. The van der Waals surface area contributed by atoms with Crippen molar-refractivity contribution in [1.82, 2.24) is 9.21 Å². The molecule has 34 heavy (non-hydrogen) atoms. The van der Waals surface area contributed by atoms with Crippen LogP contribution in [0.15, 0.2) is 53.4 Å². The fourth-order valence-electron chi connectivity index (χ4n) is 4.82. The van der Waals surface area contributed by atoms with Crippen molar-refractivity contribution in [2.75, 3.05) is 56.1 Å². The summed E-state index contributed by atoms with van der Waals surface area (Å²) in [6.45, 7) is 3.21. The van der Waals surface area contributed by atoms with E-state index in [4.69, 9.17) is 4.74 Å². The van der Waals surface area contributed by atoms with Gasteiger partial charge in [0.25, 0.3) is 5.91 Å². The molecule has 2 aromatic carbocycles. The average Bonchev–Trinajstić information content (AvgIpc) is 2.88. The molecule has 0 aromatic heterocycles. The lowest BCUT2D eigenvalue weighted by atomic mass is 9.97. The molecule has 0 spiro atoms. The molecule has 3 aliphatic rings. The lowest BCUT2D eigenvalue weighted by molar-refractivity contribution is -0.137. The Morgan fingerprint density at radius 3 is 2.53 bits per heavy atom. The van der Waals surface area contributed by atoms with Gasteiger partial charge in [0.2, 0.25) is 15.9 Å². The van der Waals surface area contributed by atoms with E-state index < -0.39 is 10.0 Å². The Kier molecular flexibility index (Phi) is 6.18. The van der Waals surface area contributed by atoms with Gasteiger partial charge in [0.1, 0.15) is 5.75 Å². The fraction of sp³-hybridized carbons (Fsp3) is 0.417. The third kappa shape index (κ3) is 4.47. The number of para-hydroxylation sites is 1. The molecular formula is C24H28N4O5S. The van der Waals surface area contributed by atoms with Crippen molar-refractivity contribution in [2.45, 2.75) is 17.7 Å². The van der Waals surface area contributed by atoms with Gasteiger partial charge in [-0.15, -0.1) is 0 Å². The van der Waals surface area contributed by atoms with Crippen molar-refractivity contribution in [1.29, 1.82) is 0 Å². The number of fused-ring (bicyclic) bond motifs is 1. The highest BCUT2D eigenvalue weighted by molar-refractivity contribution is 7.89. The van der Waals surface area contributed by atoms with Crippen LogP contribution in [0.4, 0.5) is 11.4 Å². The fourth-order valence-corrected chi connectivity index (χ4v) is 6.37. The molecule has 2 aromatic rings. The van der Waals surface area contributed by atoms with Gasteiger partial charge in [-0.05, 0) is 43.2 Å². The number of carbonyl (C=O) groups is 2. The number of hydrogen-bond acceptors (Lipinski definition) is 6. The predicted molar refractivity (Wildman–Crippen MR) is 127 cm³/mol. The number of benzene rings is 2. The molecule has 0 saturated carbocycles. The van der Waals surface area contributed by atoms with Crippen molar-refractivity contribution in [3.63, 3.8) is 0 Å². The van der Waals surface area contributed by atoms with Gasteiger partial charge in [-0.3, -0.25) is 9.59 Å². The standard InChI is InChI=1S/C24H28N4O5S/c29-23-17-33-22-9-8-20(15-21(22)25-23)34(31,32)28-10-4-5-18(16-28)24(30)27-13-11-26(12-14-27)19-6-2-1-3-7-19/h1-3,6-9,15,18H,4-5,10-14,16-17H2,(H,25,29). The summed E-state index contributed by atoms with van der Waals surface area (Å²) in [6.07, 6.45) is 1.31. The SMILES string of the molecule is O=C1COc2ccc(S(=O)(=O)N3CCCC(C(=O)N4CCN(c5ccccc5)CC4)C3)cc2N1. The van der Waals surface area contributed by atoms with Crippen LogP contribution in [-0.4, -0.2) is 75.3 Å². The molecule has 2 saturated heterocycles. The van der Waals surface area contributed by atoms with Crippen molar-refractivity contribution in [3.05, 3.63) is 48.5 Å². The Balaban J connectivity index is 1.24. The third-order valence-electron chi connectivity index (χ3n) is 6.67. The van der Waals surface area contributed by atoms with E-state index in [9.17, 15) is 18.0 Å². The summed E-state index contributed by atoms with van der Waals surface area (Å²) in [5.41, 5.74) is 1.49. The smallest absolute Gasteiger partial charge is 0.262 e. The molecule has 0 radical (unpaired) electrons. The Labute approximate surface area is 199 Å². The maximum atomic E-state index is 13.3. The maximum absolute atomic E-state index is 13.3. The van der Waals surface area contributed by atoms with Crippen LogP contribution in [-0.2, 0) is 19.6 Å². The summed E-state index contributed by atoms with van der Waals surface area (Å²) >= 11 is 0. The second kappa shape index (κ2) is 9.27. The van der Waals surface area contributed by atoms with Crippen LogP contribution in [0.1, 0.15) is 12.8 Å². The first-order valence-electron chi connectivity index (χ1n) is 11.6. The third-order valence-corrected chi connectivity index (χ3v) is 8.53. The molecule has 0 aliphatic carbocycles. The molecule has 0 bridgehead atoms. The van der Waals surface area contributed by atoms with Crippen molar-refractivity contribution in [2.24, 2.45) is 5.92 Å². The molecule has 1 atom stereocenters. The van der Waals surface area contributed by atoms with E-state index in [0.717, 1.165) is 18.8 Å². The number of piperidine rings is 1. The van der Waals surface area contributed by atoms with Crippen LogP contribution >= 0.6 is 0 Å². The molecule has 3 heterocycles. The number of amides is 2. The van der Waals surface area contributed by atoms with Gasteiger partial charge in [0.05, 0.1) is 16.5 Å². The Morgan fingerprint density at radius 1 is 1.00 bits per heavy atom. The van der Waals surface area contributed by atoms with Crippen LogP contribution in [0.3, 0.4) is 0 Å². The first kappa shape index (κ1) is 22.7. The quantitative estimate of drug-likeness (QED) is 0.710. The molecule has 5 rings (SSSR count). The van der Waals surface area contributed by atoms with Crippen LogP contribution in [0.25, 0.3) is 0 Å². The molecule has 3 aliphatic heterocycles. The number of anilines is 2. The minimum Gasteiger partial charge on any atom is -0.482 e. The van der Waals surface area contributed by atoms with E-state index >= 15 is 0 Å². The number of piperazine rings is 1. The number of carbonyl (C=O) groups excluding carboxylic acids is 2. The highest BCUT2D eigenvalue weighted by atomic mass is 32.2. The molecule has 2 amide bonds. The van der Waals surface area contributed by atoms with Gasteiger partial charge < -0.3 is 19.9 Å². The molecule has 1 N–H and O–H groups in total. The number of nitrogens with zero attached hydrogens (tertiary/aromatic N) is 3. The Bertz CT molecular complexity index is 1180. The molecule has 180 valence electrons. The first-order chi connectivity index (χ1) is 16.4. The van der Waals surface area contributed by atoms with Crippen LogP contribution in [0, 0.1) is 5.92 Å². The molecule has 10 heteroatoms. The van der Waals surface area contributed by atoms with E-state index in [1.54, 1.807) is 6.07 Å². The highest BCUT2D eigenvalue weighted by Crippen LogP contribution is 2.32. The van der Waals surface area contributed by atoms with Gasteiger partial charge in [0, 0.05) is 45.0 Å². The summed E-state index contributed by atoms with van der Waals surface area (Å²) in [5, 5.41) is 2.65. The average molecular weight is 485 g/mol. The van der Waals surface area contributed by atoms with Gasteiger partial charge >= 0.3 is 0 Å². The lowest BCUT2D eigenvalue weighted by Crippen LogP contribution is -2.53. The molecule has 1 unspecified atom stereocenters. The maximum Gasteiger partial charge on any atom is 0.262 e. The van der Waals surface area contributed by atoms with Crippen LogP contribution in [0.2, 0.25) is 0 Å². The zero-order valence-corrected chi connectivity index (χ0v) is 19.7. The van der Waals surface area contributed by atoms with E-state index in [-0.39, 0.29) is 35.8 Å². The van der Waals surface area contributed by atoms with Crippen molar-refractivity contribution in [3.8, 4) is 5.75 Å². The minimum absolute atomic E-state index is 0.0266. The van der Waals surface area contributed by atoms with E-state index in [1.165, 1.54) is 16.4 Å². The summed E-state index contributed by atoms with van der Waals surface area (Å²) < 4.78 is 33.4. The van der Waals surface area contributed by atoms with E-state index in [2.05, 4.69) is 22.3 Å². The number of hydrogen-bond donors (Lipinski definition) is 1. The molecular weight excluding hydrogens is 456 g/mol. The Morgan fingerprint density at radius 2 is 1.76 bits per heavy atom. The predicted octanol–water partition coefficient (Wildman–Crippen LogP) is 1.77. The lowest BCUT2D eigenvalue weighted by Gasteiger charge is -2.39. The van der Waals surface area contributed by atoms with Gasteiger partial charge in [0.15, 0.2) is 6.61 Å². The number of ether oxygens (including phenoxy) is 1. The normalized spacial score (nSPS) is 21.4. The monoisotopic (exact) mass is 484 g/mol. The van der Waals surface area contributed by atoms with Gasteiger partial charge in [-0.25, -0.2) is 8.42 Å². The van der Waals surface area contributed by atoms with Crippen molar-refractivity contribution < 1.29 is 22.7 Å². The van der Waals surface area contributed by atoms with Crippen LogP contribution in [0.5, 0.6) is 5.75 Å². The largest absolute Gasteiger partial charge is 0.482 e. The first-order valence-corrected chi connectivity index (χ1v) is 13.0. The zero-order chi connectivity index (χ0) is 23.7. The number of rotatable bonds is 4. The highest BCUT2D eigenvalue weighted by Gasteiger charge is 2.36. The molecule has 9 nitrogen and oxygen atoms in total. The van der Waals surface area contributed by atoms with E-state index in [1.807, 2.05) is 23.1 Å². The van der Waals surface area contributed by atoms with Crippen molar-refractivity contribution >= 4 is 33.2 Å². The second-order valence-corrected chi connectivity index (χ2v) is 10.8. The van der Waals surface area contributed by atoms with E-state index in [0.29, 0.717) is 43.9 Å². The van der Waals surface area contributed by atoms with Gasteiger partial charge in [-0.2, -0.15) is 4.31 Å². The molecule has 2 fully saturated rings. The number of nitrogens with one attached hydrogen (secondary N) is 1. The van der Waals surface area contributed by atoms with Crippen LogP contribution < -0.4 is 15.0 Å².